The Morgan fingerprint density at radius 3 is 2.04 bits per heavy atom. The van der Waals surface area contributed by atoms with Crippen LogP contribution in [0.2, 0.25) is 0 Å². The first-order chi connectivity index (χ1) is 12.1. The zero-order valence-electron chi connectivity index (χ0n) is 16.3. The molecule has 3 heteroatoms. The summed E-state index contributed by atoms with van der Waals surface area (Å²) < 4.78 is 4.95. The molecule has 0 spiro atoms. The first-order valence-electron chi connectivity index (χ1n) is 11.0. The summed E-state index contributed by atoms with van der Waals surface area (Å²) in [5, 5.41) is 0. The molecule has 0 radical (unpaired) electrons. The van der Waals surface area contributed by atoms with Crippen LogP contribution in [-0.4, -0.2) is 18.6 Å². The van der Waals surface area contributed by atoms with Gasteiger partial charge in [0, 0.05) is 0 Å². The number of unbranched alkanes of at least 4 members (excludes halogenated alkanes) is 5. The summed E-state index contributed by atoms with van der Waals surface area (Å²) in [5.74, 6) is 3.04. The highest BCUT2D eigenvalue weighted by Crippen LogP contribution is 2.61. The van der Waals surface area contributed by atoms with Crippen LogP contribution in [0, 0.1) is 23.2 Å². The highest BCUT2D eigenvalue weighted by molar-refractivity contribution is 5.75. The standard InChI is InChI=1S/C22H39NO2/c1-2-25-21(24)20(23)9-7-5-3-4-6-8-10-22-14-17-11-18(15-22)13-19(12-17)16-22/h17-20H,2-16,23H2,1H3. The number of hydrogen-bond acceptors (Lipinski definition) is 3. The van der Waals surface area contributed by atoms with Gasteiger partial charge in [-0.2, -0.15) is 0 Å². The lowest BCUT2D eigenvalue weighted by Gasteiger charge is -2.57. The average molecular weight is 350 g/mol. The molecule has 0 aromatic heterocycles. The molecule has 0 amide bonds. The number of esters is 1. The van der Waals surface area contributed by atoms with Crippen LogP contribution in [0.1, 0.15) is 96.8 Å². The summed E-state index contributed by atoms with van der Waals surface area (Å²) >= 11 is 0. The quantitative estimate of drug-likeness (QED) is 0.411. The topological polar surface area (TPSA) is 52.3 Å². The van der Waals surface area contributed by atoms with E-state index in [1.807, 2.05) is 6.92 Å². The minimum atomic E-state index is -0.420. The molecular formula is C22H39NO2. The van der Waals surface area contributed by atoms with E-state index in [-0.39, 0.29) is 5.97 Å². The Morgan fingerprint density at radius 2 is 1.48 bits per heavy atom. The van der Waals surface area contributed by atoms with E-state index >= 15 is 0 Å². The van der Waals surface area contributed by atoms with Crippen LogP contribution in [0.15, 0.2) is 0 Å². The predicted octanol–water partition coefficient (Wildman–Crippen LogP) is 5.21. The Morgan fingerprint density at radius 1 is 0.960 bits per heavy atom. The van der Waals surface area contributed by atoms with Crippen molar-refractivity contribution in [2.45, 2.75) is 103 Å². The number of carbonyl (C=O) groups excluding carboxylic acids is 1. The van der Waals surface area contributed by atoms with Gasteiger partial charge in [0.05, 0.1) is 6.61 Å². The van der Waals surface area contributed by atoms with Gasteiger partial charge in [0.25, 0.3) is 0 Å². The van der Waals surface area contributed by atoms with E-state index in [9.17, 15) is 4.79 Å². The molecule has 2 N–H and O–H groups in total. The van der Waals surface area contributed by atoms with Gasteiger partial charge in [-0.1, -0.05) is 38.5 Å². The fraction of sp³-hybridized carbons (Fsp3) is 0.955. The minimum Gasteiger partial charge on any atom is -0.465 e. The van der Waals surface area contributed by atoms with E-state index in [4.69, 9.17) is 10.5 Å². The normalized spacial score (nSPS) is 34.2. The maximum atomic E-state index is 11.5. The fourth-order valence-electron chi connectivity index (χ4n) is 6.53. The van der Waals surface area contributed by atoms with Crippen LogP contribution >= 0.6 is 0 Å². The van der Waals surface area contributed by atoms with Gasteiger partial charge in [-0.05, 0) is 81.5 Å². The van der Waals surface area contributed by atoms with Gasteiger partial charge < -0.3 is 10.5 Å². The highest BCUT2D eigenvalue weighted by atomic mass is 16.5. The lowest BCUT2D eigenvalue weighted by atomic mass is 9.48. The average Bonchev–Trinajstić information content (AvgIpc) is 2.56. The van der Waals surface area contributed by atoms with Crippen molar-refractivity contribution in [3.05, 3.63) is 0 Å². The summed E-state index contributed by atoms with van der Waals surface area (Å²) in [6.07, 6.45) is 19.4. The van der Waals surface area contributed by atoms with Gasteiger partial charge in [0.1, 0.15) is 6.04 Å². The second-order valence-corrected chi connectivity index (χ2v) is 9.44. The maximum absolute atomic E-state index is 11.5. The third-order valence-electron chi connectivity index (χ3n) is 7.23. The van der Waals surface area contributed by atoms with Crippen molar-refractivity contribution in [2.24, 2.45) is 28.9 Å². The monoisotopic (exact) mass is 349 g/mol. The Bertz CT molecular complexity index is 398. The van der Waals surface area contributed by atoms with Crippen molar-refractivity contribution >= 4 is 5.97 Å². The third kappa shape index (κ3) is 5.21. The summed E-state index contributed by atoms with van der Waals surface area (Å²) in [4.78, 5) is 11.5. The number of carbonyl (C=O) groups is 1. The van der Waals surface area contributed by atoms with E-state index in [0.717, 1.165) is 36.0 Å². The number of hydrogen-bond donors (Lipinski definition) is 1. The molecule has 1 unspecified atom stereocenters. The Kier molecular flexibility index (Phi) is 6.82. The molecule has 4 rings (SSSR count). The highest BCUT2D eigenvalue weighted by Gasteiger charge is 2.50. The predicted molar refractivity (Wildman–Crippen MR) is 102 cm³/mol. The molecule has 4 aliphatic carbocycles. The zero-order valence-corrected chi connectivity index (χ0v) is 16.3. The van der Waals surface area contributed by atoms with Gasteiger partial charge in [-0.15, -0.1) is 0 Å². The Balaban J connectivity index is 1.21. The SMILES string of the molecule is CCOC(=O)C(N)CCCCCCCCC12CC3CC(CC(C3)C1)C2. The molecule has 4 aliphatic rings. The second-order valence-electron chi connectivity index (χ2n) is 9.44. The molecule has 0 saturated heterocycles. The van der Waals surface area contributed by atoms with Crippen molar-refractivity contribution in [2.75, 3.05) is 6.61 Å². The first-order valence-corrected chi connectivity index (χ1v) is 11.0. The fourth-order valence-corrected chi connectivity index (χ4v) is 6.53. The minimum absolute atomic E-state index is 0.238. The van der Waals surface area contributed by atoms with Crippen LogP contribution in [0.4, 0.5) is 0 Å². The van der Waals surface area contributed by atoms with Gasteiger partial charge in [0.2, 0.25) is 0 Å². The van der Waals surface area contributed by atoms with Crippen LogP contribution in [0.25, 0.3) is 0 Å². The molecule has 144 valence electrons. The molecule has 0 heterocycles. The lowest BCUT2D eigenvalue weighted by molar-refractivity contribution is -0.144. The Hall–Kier alpha value is -0.570. The largest absolute Gasteiger partial charge is 0.465 e. The zero-order chi connectivity index (χ0) is 17.7. The van der Waals surface area contributed by atoms with Gasteiger partial charge in [0.15, 0.2) is 0 Å². The summed E-state index contributed by atoms with van der Waals surface area (Å²) in [6.45, 7) is 2.25. The summed E-state index contributed by atoms with van der Waals surface area (Å²) in [6, 6.07) is -0.420. The number of nitrogens with two attached hydrogens (primary N) is 1. The summed E-state index contributed by atoms with van der Waals surface area (Å²) in [7, 11) is 0. The number of ether oxygens (including phenoxy) is 1. The van der Waals surface area contributed by atoms with E-state index in [2.05, 4.69) is 0 Å². The maximum Gasteiger partial charge on any atom is 0.322 e. The first kappa shape index (κ1) is 19.2. The van der Waals surface area contributed by atoms with Crippen LogP contribution in [0.3, 0.4) is 0 Å². The van der Waals surface area contributed by atoms with Gasteiger partial charge >= 0.3 is 5.97 Å². The van der Waals surface area contributed by atoms with Crippen LogP contribution in [0.5, 0.6) is 0 Å². The molecule has 0 aromatic rings. The molecule has 1 atom stereocenters. The van der Waals surface area contributed by atoms with E-state index in [1.54, 1.807) is 38.5 Å². The number of rotatable bonds is 11. The molecule has 3 nitrogen and oxygen atoms in total. The Labute approximate surface area is 154 Å². The van der Waals surface area contributed by atoms with Crippen molar-refractivity contribution < 1.29 is 9.53 Å². The molecule has 0 aliphatic heterocycles. The van der Waals surface area contributed by atoms with Gasteiger partial charge in [-0.3, -0.25) is 4.79 Å². The second kappa shape index (κ2) is 8.88. The molecule has 4 saturated carbocycles. The van der Waals surface area contributed by atoms with E-state index in [0.29, 0.717) is 6.61 Å². The van der Waals surface area contributed by atoms with Crippen LogP contribution < -0.4 is 5.73 Å². The smallest absolute Gasteiger partial charge is 0.322 e. The van der Waals surface area contributed by atoms with Crippen LogP contribution in [-0.2, 0) is 9.53 Å². The van der Waals surface area contributed by atoms with Crippen molar-refractivity contribution in [1.82, 2.24) is 0 Å². The summed E-state index contributed by atoms with van der Waals surface area (Å²) in [5.41, 5.74) is 6.60. The molecule has 4 fully saturated rings. The van der Waals surface area contributed by atoms with E-state index in [1.165, 1.54) is 38.5 Å². The third-order valence-corrected chi connectivity index (χ3v) is 7.23. The molecule has 4 bridgehead atoms. The lowest BCUT2D eigenvalue weighted by Crippen LogP contribution is -2.45. The van der Waals surface area contributed by atoms with Crippen molar-refractivity contribution in [3.8, 4) is 0 Å². The van der Waals surface area contributed by atoms with Crippen molar-refractivity contribution in [3.63, 3.8) is 0 Å². The van der Waals surface area contributed by atoms with Gasteiger partial charge in [-0.25, -0.2) is 0 Å². The van der Waals surface area contributed by atoms with E-state index < -0.39 is 6.04 Å². The van der Waals surface area contributed by atoms with Crippen molar-refractivity contribution in [1.29, 1.82) is 0 Å². The molecule has 0 aromatic carbocycles. The molecular weight excluding hydrogens is 310 g/mol. The molecule has 25 heavy (non-hydrogen) atoms.